The van der Waals surface area contributed by atoms with Crippen LogP contribution in [0.5, 0.6) is 5.75 Å². The van der Waals surface area contributed by atoms with Crippen LogP contribution in [0.15, 0.2) is 10.7 Å². The predicted octanol–water partition coefficient (Wildman–Crippen LogP) is 3.09. The molecule has 6 heteroatoms. The number of aromatic nitrogens is 1. The van der Waals surface area contributed by atoms with Crippen molar-refractivity contribution in [1.29, 1.82) is 0 Å². The highest BCUT2D eigenvalue weighted by atomic mass is 127. The van der Waals surface area contributed by atoms with E-state index < -0.39 is 17.7 Å². The molecule has 1 heterocycles. The van der Waals surface area contributed by atoms with Gasteiger partial charge in [0, 0.05) is 10.7 Å². The van der Waals surface area contributed by atoms with E-state index in [4.69, 9.17) is 5.11 Å². The second-order valence-electron chi connectivity index (χ2n) is 1.96. The SMILES string of the molecule is Oc1c(I)ncc(Br)c1C(F)F. The highest BCUT2D eigenvalue weighted by Crippen LogP contribution is 2.36. The van der Waals surface area contributed by atoms with Gasteiger partial charge in [-0.15, -0.1) is 0 Å². The summed E-state index contributed by atoms with van der Waals surface area (Å²) in [6.07, 6.45) is -1.46. The summed E-state index contributed by atoms with van der Waals surface area (Å²) < 4.78 is 24.8. The van der Waals surface area contributed by atoms with Crippen LogP contribution in [0, 0.1) is 3.70 Å². The molecule has 1 rings (SSSR count). The van der Waals surface area contributed by atoms with Gasteiger partial charge in [0.1, 0.15) is 3.70 Å². The average molecular weight is 350 g/mol. The number of nitrogens with zero attached hydrogens (tertiary/aromatic N) is 1. The molecule has 0 aliphatic carbocycles. The van der Waals surface area contributed by atoms with Gasteiger partial charge in [0.25, 0.3) is 6.43 Å². The molecule has 0 fully saturated rings. The lowest BCUT2D eigenvalue weighted by Crippen LogP contribution is -1.92. The standard InChI is InChI=1S/C6H3BrF2INO/c7-2-1-11-6(10)4(12)3(2)5(8)9/h1,5,12H. The Balaban J connectivity index is 3.33. The minimum Gasteiger partial charge on any atom is -0.505 e. The fourth-order valence-electron chi connectivity index (χ4n) is 0.676. The summed E-state index contributed by atoms with van der Waals surface area (Å²) in [5.41, 5.74) is -0.408. The topological polar surface area (TPSA) is 33.1 Å². The van der Waals surface area contributed by atoms with Gasteiger partial charge in [0.05, 0.1) is 5.56 Å². The molecular formula is C6H3BrF2INO. The summed E-state index contributed by atoms with van der Waals surface area (Å²) in [5, 5.41) is 9.17. The van der Waals surface area contributed by atoms with Crippen molar-refractivity contribution in [3.8, 4) is 5.75 Å². The van der Waals surface area contributed by atoms with Gasteiger partial charge in [0.15, 0.2) is 5.75 Å². The first-order valence-corrected chi connectivity index (χ1v) is 4.72. The van der Waals surface area contributed by atoms with E-state index in [1.165, 1.54) is 6.20 Å². The van der Waals surface area contributed by atoms with Gasteiger partial charge >= 0.3 is 0 Å². The van der Waals surface area contributed by atoms with Crippen LogP contribution in [0.4, 0.5) is 8.78 Å². The van der Waals surface area contributed by atoms with Crippen molar-refractivity contribution in [3.05, 3.63) is 19.9 Å². The van der Waals surface area contributed by atoms with Crippen molar-refractivity contribution in [1.82, 2.24) is 4.98 Å². The molecule has 0 atom stereocenters. The molecule has 66 valence electrons. The molecule has 0 saturated carbocycles. The first-order valence-electron chi connectivity index (χ1n) is 2.85. The Morgan fingerprint density at radius 2 is 2.17 bits per heavy atom. The maximum atomic E-state index is 12.2. The zero-order chi connectivity index (χ0) is 9.30. The van der Waals surface area contributed by atoms with E-state index in [0.29, 0.717) is 0 Å². The van der Waals surface area contributed by atoms with Crippen LogP contribution in [0.25, 0.3) is 0 Å². The summed E-state index contributed by atoms with van der Waals surface area (Å²) in [5.74, 6) is -0.458. The molecule has 0 saturated heterocycles. The van der Waals surface area contributed by atoms with Crippen LogP contribution in [-0.2, 0) is 0 Å². The fraction of sp³-hybridized carbons (Fsp3) is 0.167. The van der Waals surface area contributed by atoms with Crippen molar-refractivity contribution >= 4 is 38.5 Å². The van der Waals surface area contributed by atoms with Crippen LogP contribution in [0.1, 0.15) is 12.0 Å². The summed E-state index contributed by atoms with van der Waals surface area (Å²) in [4.78, 5) is 3.68. The maximum absolute atomic E-state index is 12.2. The average Bonchev–Trinajstić information content (AvgIpc) is 1.97. The van der Waals surface area contributed by atoms with Crippen molar-refractivity contribution in [2.75, 3.05) is 0 Å². The predicted molar refractivity (Wildman–Crippen MR) is 51.3 cm³/mol. The van der Waals surface area contributed by atoms with Crippen molar-refractivity contribution in [3.63, 3.8) is 0 Å². The quantitative estimate of drug-likeness (QED) is 0.624. The van der Waals surface area contributed by atoms with Gasteiger partial charge in [-0.25, -0.2) is 13.8 Å². The Morgan fingerprint density at radius 1 is 1.58 bits per heavy atom. The monoisotopic (exact) mass is 349 g/mol. The van der Waals surface area contributed by atoms with Gasteiger partial charge in [0.2, 0.25) is 0 Å². The maximum Gasteiger partial charge on any atom is 0.268 e. The molecule has 0 radical (unpaired) electrons. The fourth-order valence-corrected chi connectivity index (χ4v) is 1.57. The second-order valence-corrected chi connectivity index (χ2v) is 3.84. The molecule has 12 heavy (non-hydrogen) atoms. The van der Waals surface area contributed by atoms with Crippen LogP contribution in [-0.4, -0.2) is 10.1 Å². The van der Waals surface area contributed by atoms with E-state index in [1.807, 2.05) is 0 Å². The third kappa shape index (κ3) is 1.85. The molecule has 0 amide bonds. The lowest BCUT2D eigenvalue weighted by Gasteiger charge is -2.05. The summed E-state index contributed by atoms with van der Waals surface area (Å²) in [7, 11) is 0. The number of pyridine rings is 1. The van der Waals surface area contributed by atoms with Gasteiger partial charge in [-0.05, 0) is 38.5 Å². The number of hydrogen-bond donors (Lipinski definition) is 1. The molecule has 0 spiro atoms. The van der Waals surface area contributed by atoms with Gasteiger partial charge < -0.3 is 5.11 Å². The summed E-state index contributed by atoms with van der Waals surface area (Å²) in [6.45, 7) is 0. The minimum absolute atomic E-state index is 0.121. The molecular weight excluding hydrogens is 347 g/mol. The minimum atomic E-state index is -2.70. The molecule has 1 aromatic rings. The third-order valence-corrected chi connectivity index (χ3v) is 2.64. The van der Waals surface area contributed by atoms with Gasteiger partial charge in [-0.2, -0.15) is 0 Å². The Hall–Kier alpha value is 0.0200. The van der Waals surface area contributed by atoms with E-state index in [9.17, 15) is 8.78 Å². The zero-order valence-corrected chi connectivity index (χ0v) is 9.30. The van der Waals surface area contributed by atoms with Gasteiger partial charge in [-0.3, -0.25) is 0 Å². The first-order chi connectivity index (χ1) is 5.54. The van der Waals surface area contributed by atoms with E-state index in [1.54, 1.807) is 22.6 Å². The van der Waals surface area contributed by atoms with E-state index in [2.05, 4.69) is 20.9 Å². The normalized spacial score (nSPS) is 10.8. The van der Waals surface area contributed by atoms with E-state index in [0.717, 1.165) is 0 Å². The Kier molecular flexibility index (Phi) is 3.22. The molecule has 0 aliphatic rings. The molecule has 0 aromatic carbocycles. The Bertz CT molecular complexity index is 308. The van der Waals surface area contributed by atoms with Crippen LogP contribution in [0.3, 0.4) is 0 Å². The van der Waals surface area contributed by atoms with Crippen molar-refractivity contribution < 1.29 is 13.9 Å². The summed E-state index contributed by atoms with van der Waals surface area (Å²) in [6, 6.07) is 0. The van der Waals surface area contributed by atoms with Crippen molar-refractivity contribution in [2.45, 2.75) is 6.43 Å². The molecule has 0 bridgehead atoms. The number of aromatic hydroxyl groups is 1. The van der Waals surface area contributed by atoms with Crippen molar-refractivity contribution in [2.24, 2.45) is 0 Å². The lowest BCUT2D eigenvalue weighted by molar-refractivity contribution is 0.146. The number of halogens is 4. The number of alkyl halides is 2. The van der Waals surface area contributed by atoms with E-state index >= 15 is 0 Å². The van der Waals surface area contributed by atoms with Crippen LogP contribution >= 0.6 is 38.5 Å². The molecule has 0 unspecified atom stereocenters. The smallest absolute Gasteiger partial charge is 0.268 e. The second kappa shape index (κ2) is 3.82. The van der Waals surface area contributed by atoms with Gasteiger partial charge in [-0.1, -0.05) is 0 Å². The lowest BCUT2D eigenvalue weighted by atomic mass is 10.2. The highest BCUT2D eigenvalue weighted by molar-refractivity contribution is 14.1. The highest BCUT2D eigenvalue weighted by Gasteiger charge is 2.19. The first kappa shape index (κ1) is 10.1. The third-order valence-electron chi connectivity index (χ3n) is 1.22. The Labute approximate surface area is 89.3 Å². The number of rotatable bonds is 1. The van der Waals surface area contributed by atoms with E-state index in [-0.39, 0.29) is 8.17 Å². The largest absolute Gasteiger partial charge is 0.505 e. The van der Waals surface area contributed by atoms with Crippen LogP contribution in [0.2, 0.25) is 0 Å². The zero-order valence-electron chi connectivity index (χ0n) is 5.56. The summed E-state index contributed by atoms with van der Waals surface area (Å²) >= 11 is 4.56. The molecule has 2 nitrogen and oxygen atoms in total. The van der Waals surface area contributed by atoms with Crippen LogP contribution < -0.4 is 0 Å². The Morgan fingerprint density at radius 3 is 2.58 bits per heavy atom. The molecule has 1 N–H and O–H groups in total. The molecule has 1 aromatic heterocycles. The number of hydrogen-bond acceptors (Lipinski definition) is 2. The molecule has 0 aliphatic heterocycles.